The summed E-state index contributed by atoms with van der Waals surface area (Å²) in [6.45, 7) is 1.21. The molecule has 0 N–H and O–H groups in total. The van der Waals surface area contributed by atoms with Gasteiger partial charge in [0, 0.05) is 11.4 Å². The standard InChI is InChI=1S/C13H13Cl2NOS2/c1-16(5-4-9-3-2-6-18-9)8-11(17)10-7-12(14)19-13(10)15/h2-3,6-7H,4-5,8H2,1H3. The van der Waals surface area contributed by atoms with E-state index in [0.29, 0.717) is 20.8 Å². The predicted octanol–water partition coefficient (Wildman–Crippen LogP) is 4.47. The van der Waals surface area contributed by atoms with Gasteiger partial charge in [-0.25, -0.2) is 0 Å². The number of likely N-dealkylation sites (N-methyl/N-ethyl adjacent to an activating group) is 1. The molecule has 0 aliphatic carbocycles. The molecule has 0 unspecified atom stereocenters. The molecule has 2 nitrogen and oxygen atoms in total. The second-order valence-electron chi connectivity index (χ2n) is 4.23. The van der Waals surface area contributed by atoms with Crippen LogP contribution in [0.25, 0.3) is 0 Å². The Kier molecular flexibility index (Phi) is 5.42. The van der Waals surface area contributed by atoms with Gasteiger partial charge in [0.2, 0.25) is 0 Å². The van der Waals surface area contributed by atoms with E-state index < -0.39 is 0 Å². The number of nitrogens with zero attached hydrogens (tertiary/aromatic N) is 1. The topological polar surface area (TPSA) is 20.3 Å². The van der Waals surface area contributed by atoms with E-state index in [-0.39, 0.29) is 5.78 Å². The quantitative estimate of drug-likeness (QED) is 0.726. The Morgan fingerprint density at radius 3 is 2.79 bits per heavy atom. The predicted molar refractivity (Wildman–Crippen MR) is 84.2 cm³/mol. The average molecular weight is 334 g/mol. The van der Waals surface area contributed by atoms with Crippen molar-refractivity contribution in [3.63, 3.8) is 0 Å². The van der Waals surface area contributed by atoms with E-state index in [1.54, 1.807) is 17.4 Å². The zero-order chi connectivity index (χ0) is 13.8. The van der Waals surface area contributed by atoms with Crippen LogP contribution in [0.15, 0.2) is 23.6 Å². The first-order valence-corrected chi connectivity index (χ1v) is 8.20. The highest BCUT2D eigenvalue weighted by atomic mass is 35.5. The number of thiophene rings is 2. The third-order valence-corrected chi connectivity index (χ3v) is 5.11. The Morgan fingerprint density at radius 1 is 1.42 bits per heavy atom. The van der Waals surface area contributed by atoms with Crippen molar-refractivity contribution in [2.75, 3.05) is 20.1 Å². The van der Waals surface area contributed by atoms with E-state index in [1.807, 2.05) is 18.0 Å². The van der Waals surface area contributed by atoms with Crippen molar-refractivity contribution in [3.05, 3.63) is 42.7 Å². The van der Waals surface area contributed by atoms with Crippen molar-refractivity contribution in [1.82, 2.24) is 4.90 Å². The summed E-state index contributed by atoms with van der Waals surface area (Å²) in [5.74, 6) is 0.0156. The van der Waals surface area contributed by atoms with Gasteiger partial charge < -0.3 is 0 Å². The van der Waals surface area contributed by atoms with Gasteiger partial charge in [-0.3, -0.25) is 9.69 Å². The lowest BCUT2D eigenvalue weighted by atomic mass is 10.2. The molecule has 0 bridgehead atoms. The number of carbonyl (C=O) groups is 1. The van der Waals surface area contributed by atoms with Crippen LogP contribution in [0.4, 0.5) is 0 Å². The molecule has 2 heterocycles. The Hall–Kier alpha value is -0.390. The summed E-state index contributed by atoms with van der Waals surface area (Å²) < 4.78 is 1.02. The van der Waals surface area contributed by atoms with E-state index in [0.717, 1.165) is 13.0 Å². The Bertz CT molecular complexity index is 551. The number of rotatable bonds is 6. The van der Waals surface area contributed by atoms with Gasteiger partial charge in [0.25, 0.3) is 0 Å². The highest BCUT2D eigenvalue weighted by molar-refractivity contribution is 7.20. The Balaban J connectivity index is 1.86. The van der Waals surface area contributed by atoms with Gasteiger partial charge in [0.05, 0.1) is 16.4 Å². The Labute approximate surface area is 130 Å². The average Bonchev–Trinajstić information content (AvgIpc) is 2.96. The minimum atomic E-state index is 0.0156. The second kappa shape index (κ2) is 6.86. The van der Waals surface area contributed by atoms with Crippen molar-refractivity contribution in [3.8, 4) is 0 Å². The van der Waals surface area contributed by atoms with Crippen LogP contribution in [0.5, 0.6) is 0 Å². The van der Waals surface area contributed by atoms with E-state index in [2.05, 4.69) is 11.4 Å². The molecule has 0 atom stereocenters. The van der Waals surface area contributed by atoms with Crippen LogP contribution >= 0.6 is 45.9 Å². The maximum Gasteiger partial charge on any atom is 0.179 e. The fraction of sp³-hybridized carbons (Fsp3) is 0.308. The number of hydrogen-bond acceptors (Lipinski definition) is 4. The summed E-state index contributed by atoms with van der Waals surface area (Å²) in [5.41, 5.74) is 0.527. The van der Waals surface area contributed by atoms with Crippen molar-refractivity contribution < 1.29 is 4.79 Å². The van der Waals surface area contributed by atoms with Gasteiger partial charge in [-0.15, -0.1) is 22.7 Å². The number of halogens is 2. The fourth-order valence-corrected chi connectivity index (χ4v) is 3.89. The van der Waals surface area contributed by atoms with Crippen molar-refractivity contribution in [2.45, 2.75) is 6.42 Å². The molecular formula is C13H13Cl2NOS2. The molecule has 0 aliphatic rings. The van der Waals surface area contributed by atoms with Gasteiger partial charge >= 0.3 is 0 Å². The summed E-state index contributed by atoms with van der Waals surface area (Å²) in [6.07, 6.45) is 0.958. The molecule has 0 spiro atoms. The van der Waals surface area contributed by atoms with Gasteiger partial charge in [-0.05, 0) is 31.0 Å². The van der Waals surface area contributed by atoms with E-state index in [4.69, 9.17) is 23.2 Å². The lowest BCUT2D eigenvalue weighted by Crippen LogP contribution is -2.27. The molecule has 0 saturated heterocycles. The van der Waals surface area contributed by atoms with Gasteiger partial charge in [-0.2, -0.15) is 0 Å². The van der Waals surface area contributed by atoms with E-state index in [1.165, 1.54) is 16.2 Å². The molecule has 0 radical (unpaired) electrons. The van der Waals surface area contributed by atoms with Crippen molar-refractivity contribution in [2.24, 2.45) is 0 Å². The molecule has 0 amide bonds. The number of carbonyl (C=O) groups excluding carboxylic acids is 1. The van der Waals surface area contributed by atoms with Crippen molar-refractivity contribution in [1.29, 1.82) is 0 Å². The zero-order valence-electron chi connectivity index (χ0n) is 10.4. The minimum Gasteiger partial charge on any atom is -0.299 e. The first-order chi connectivity index (χ1) is 9.06. The van der Waals surface area contributed by atoms with Gasteiger partial charge in [0.15, 0.2) is 5.78 Å². The molecule has 0 aromatic carbocycles. The summed E-state index contributed by atoms with van der Waals surface area (Å²) in [4.78, 5) is 15.4. The molecule has 0 aliphatic heterocycles. The first kappa shape index (κ1) is 15.0. The molecule has 19 heavy (non-hydrogen) atoms. The largest absolute Gasteiger partial charge is 0.299 e. The maximum atomic E-state index is 12.1. The van der Waals surface area contributed by atoms with Crippen molar-refractivity contribution >= 4 is 51.7 Å². The highest BCUT2D eigenvalue weighted by Gasteiger charge is 2.15. The first-order valence-electron chi connectivity index (χ1n) is 5.75. The van der Waals surface area contributed by atoms with E-state index >= 15 is 0 Å². The fourth-order valence-electron chi connectivity index (χ4n) is 1.70. The molecule has 2 aromatic rings. The Morgan fingerprint density at radius 2 is 2.21 bits per heavy atom. The monoisotopic (exact) mass is 333 g/mol. The van der Waals surface area contributed by atoms with Gasteiger partial charge in [-0.1, -0.05) is 29.3 Å². The third kappa shape index (κ3) is 4.29. The number of hydrogen-bond donors (Lipinski definition) is 0. The maximum absolute atomic E-state index is 12.1. The number of ketones is 1. The van der Waals surface area contributed by atoms with Crippen LogP contribution in [0.3, 0.4) is 0 Å². The second-order valence-corrected chi connectivity index (χ2v) is 7.55. The SMILES string of the molecule is CN(CCc1cccs1)CC(=O)c1cc(Cl)sc1Cl. The van der Waals surface area contributed by atoms with Crippen LogP contribution in [-0.2, 0) is 6.42 Å². The summed E-state index contributed by atoms with van der Waals surface area (Å²) in [7, 11) is 1.94. The van der Waals surface area contributed by atoms with Crippen LogP contribution < -0.4 is 0 Å². The molecule has 6 heteroatoms. The highest BCUT2D eigenvalue weighted by Crippen LogP contribution is 2.31. The normalized spacial score (nSPS) is 11.2. The molecule has 2 rings (SSSR count). The molecule has 0 saturated carbocycles. The van der Waals surface area contributed by atoms with E-state index in [9.17, 15) is 4.79 Å². The lowest BCUT2D eigenvalue weighted by molar-refractivity contribution is 0.0947. The van der Waals surface area contributed by atoms with Gasteiger partial charge in [0.1, 0.15) is 4.34 Å². The third-order valence-electron chi connectivity index (χ3n) is 2.69. The van der Waals surface area contributed by atoms with Crippen LogP contribution in [0.1, 0.15) is 15.2 Å². The lowest BCUT2D eigenvalue weighted by Gasteiger charge is -2.14. The molecular weight excluding hydrogens is 321 g/mol. The van der Waals surface area contributed by atoms with Crippen LogP contribution in [0.2, 0.25) is 8.67 Å². The molecule has 2 aromatic heterocycles. The summed E-state index contributed by atoms with van der Waals surface area (Å²) in [6, 6.07) is 5.79. The zero-order valence-corrected chi connectivity index (χ0v) is 13.5. The summed E-state index contributed by atoms with van der Waals surface area (Å²) >= 11 is 14.8. The van der Waals surface area contributed by atoms with Crippen LogP contribution in [-0.4, -0.2) is 30.8 Å². The number of Topliss-reactive ketones (excluding diaryl/α,β-unsaturated/α-hetero) is 1. The smallest absolute Gasteiger partial charge is 0.179 e. The minimum absolute atomic E-state index is 0.0156. The summed E-state index contributed by atoms with van der Waals surface area (Å²) in [5, 5.41) is 2.06. The van der Waals surface area contributed by atoms with Crippen LogP contribution in [0, 0.1) is 0 Å². The molecule has 0 fully saturated rings. The molecule has 102 valence electrons.